The highest BCUT2D eigenvalue weighted by Crippen LogP contribution is 2.69. The molecule has 6 N–H and O–H groups in total. The van der Waals surface area contributed by atoms with Gasteiger partial charge < -0.3 is 26.1 Å². The van der Waals surface area contributed by atoms with Crippen molar-refractivity contribution in [2.24, 2.45) is 45.4 Å². The van der Waals surface area contributed by atoms with Crippen LogP contribution in [0.25, 0.3) is 0 Å². The molecule has 7 nitrogen and oxygen atoms in total. The minimum Gasteiger partial charge on any atom is -0.396 e. The van der Waals surface area contributed by atoms with Crippen LogP contribution in [0.15, 0.2) is 16.8 Å². The Kier molecular flexibility index (Phi) is 7.35. The Hall–Kier alpha value is -1.60. The molecule has 0 aromatic heterocycles. The van der Waals surface area contributed by atoms with Crippen LogP contribution in [0.2, 0.25) is 0 Å². The summed E-state index contributed by atoms with van der Waals surface area (Å²) in [5.74, 6) is 1.89. The summed E-state index contributed by atoms with van der Waals surface area (Å²) in [6.45, 7) is 7.94. The van der Waals surface area contributed by atoms with Crippen LogP contribution in [0.5, 0.6) is 0 Å². The lowest BCUT2D eigenvalue weighted by Gasteiger charge is -2.63. The number of nitrogens with two attached hydrogens (primary N) is 1. The largest absolute Gasteiger partial charge is 0.396 e. The van der Waals surface area contributed by atoms with Crippen molar-refractivity contribution in [2.45, 2.75) is 96.7 Å². The van der Waals surface area contributed by atoms with Crippen molar-refractivity contribution in [1.29, 1.82) is 5.41 Å². The van der Waals surface area contributed by atoms with Crippen molar-refractivity contribution in [1.82, 2.24) is 5.32 Å². The first-order valence-corrected chi connectivity index (χ1v) is 13.4. The highest BCUT2D eigenvalue weighted by molar-refractivity contribution is 5.77. The van der Waals surface area contributed by atoms with Crippen LogP contribution in [0, 0.1) is 39.9 Å². The van der Waals surface area contributed by atoms with E-state index in [1.165, 1.54) is 6.42 Å². The van der Waals surface area contributed by atoms with E-state index in [-0.39, 0.29) is 22.9 Å². The molecular weight excluding hydrogens is 428 g/mol. The Bertz CT molecular complexity index is 816. The third-order valence-electron chi connectivity index (χ3n) is 10.4. The van der Waals surface area contributed by atoms with Gasteiger partial charge in [-0.1, -0.05) is 25.1 Å². The van der Waals surface area contributed by atoms with Crippen LogP contribution >= 0.6 is 0 Å². The Morgan fingerprint density at radius 2 is 1.94 bits per heavy atom. The maximum absolute atomic E-state index is 12.3. The second-order valence-electron chi connectivity index (χ2n) is 12.1. The summed E-state index contributed by atoms with van der Waals surface area (Å²) in [6.07, 6.45) is 14.1. The number of oxime groups is 1. The zero-order chi connectivity index (χ0) is 24.6. The first-order valence-electron chi connectivity index (χ1n) is 13.4. The summed E-state index contributed by atoms with van der Waals surface area (Å²) in [5, 5.41) is 36.5. The fraction of sp³-hybridized carbons (Fsp3) is 0.852. The number of guanidine groups is 1. The lowest BCUT2D eigenvalue weighted by Crippen LogP contribution is -2.62. The monoisotopic (exact) mass is 474 g/mol. The minimum atomic E-state index is -0.598. The van der Waals surface area contributed by atoms with E-state index in [9.17, 15) is 10.2 Å². The van der Waals surface area contributed by atoms with E-state index in [1.807, 2.05) is 0 Å². The minimum absolute atomic E-state index is 0.0268. The maximum Gasteiger partial charge on any atom is 0.185 e. The van der Waals surface area contributed by atoms with Crippen molar-refractivity contribution in [3.63, 3.8) is 0 Å². The molecule has 0 aromatic carbocycles. The quantitative estimate of drug-likeness (QED) is 0.165. The molecule has 4 aliphatic rings. The maximum atomic E-state index is 12.3. The molecule has 4 rings (SSSR count). The number of hydrogen-bond acceptors (Lipinski definition) is 5. The van der Waals surface area contributed by atoms with E-state index >= 15 is 0 Å². The number of nitrogens with one attached hydrogen (secondary N) is 2. The fourth-order valence-corrected chi connectivity index (χ4v) is 8.40. The van der Waals surface area contributed by atoms with Gasteiger partial charge in [-0.15, -0.1) is 0 Å². The Morgan fingerprint density at radius 3 is 2.71 bits per heavy atom. The summed E-state index contributed by atoms with van der Waals surface area (Å²) in [7, 11) is 0. The first kappa shape index (κ1) is 25.5. The van der Waals surface area contributed by atoms with Gasteiger partial charge in [-0.2, -0.15) is 0 Å². The van der Waals surface area contributed by atoms with Crippen LogP contribution in [0.3, 0.4) is 0 Å². The molecule has 0 aromatic rings. The van der Waals surface area contributed by atoms with Gasteiger partial charge in [0.15, 0.2) is 5.96 Å². The molecule has 4 fully saturated rings. The summed E-state index contributed by atoms with van der Waals surface area (Å²) in [5.41, 5.74) is 5.92. The van der Waals surface area contributed by atoms with Gasteiger partial charge in [-0.05, 0) is 99.4 Å². The molecule has 0 saturated heterocycles. The molecular formula is C27H46N4O3. The SMILES string of the molecule is CC(/C=N/OCCCNC(=N)N)=C\[C@H]1CC[C@]2(O)[C@@H]3CC[C@@H]4C[C@@H](O)CC[C@]4(C)[C@H]3CC[C@]12C. The number of aliphatic hydroxyl groups excluding tert-OH is 1. The van der Waals surface area contributed by atoms with E-state index in [0.717, 1.165) is 63.4 Å². The van der Waals surface area contributed by atoms with Gasteiger partial charge in [-0.25, -0.2) is 0 Å². The predicted octanol–water partition coefficient (Wildman–Crippen LogP) is 3.94. The van der Waals surface area contributed by atoms with E-state index in [1.54, 1.807) is 6.21 Å². The summed E-state index contributed by atoms with van der Waals surface area (Å²) >= 11 is 0. The molecule has 0 heterocycles. The van der Waals surface area contributed by atoms with Crippen LogP contribution in [-0.2, 0) is 4.84 Å². The van der Waals surface area contributed by atoms with Crippen molar-refractivity contribution >= 4 is 12.2 Å². The van der Waals surface area contributed by atoms with Crippen molar-refractivity contribution in [2.75, 3.05) is 13.2 Å². The molecule has 0 unspecified atom stereocenters. The van der Waals surface area contributed by atoms with Crippen molar-refractivity contribution in [3.8, 4) is 0 Å². The topological polar surface area (TPSA) is 124 Å². The Morgan fingerprint density at radius 1 is 1.15 bits per heavy atom. The lowest BCUT2D eigenvalue weighted by atomic mass is 9.43. The summed E-state index contributed by atoms with van der Waals surface area (Å²) in [4.78, 5) is 5.35. The molecule has 34 heavy (non-hydrogen) atoms. The number of allylic oxidation sites excluding steroid dienone is 2. The number of nitrogens with zero attached hydrogens (tertiary/aromatic N) is 1. The molecule has 0 radical (unpaired) electrons. The van der Waals surface area contributed by atoms with Gasteiger partial charge in [0.05, 0.1) is 17.9 Å². The lowest BCUT2D eigenvalue weighted by molar-refractivity contribution is -0.207. The molecule has 0 amide bonds. The highest BCUT2D eigenvalue weighted by Gasteiger charge is 2.66. The molecule has 0 spiro atoms. The summed E-state index contributed by atoms with van der Waals surface area (Å²) < 4.78 is 0. The molecule has 4 saturated carbocycles. The third kappa shape index (κ3) is 4.50. The third-order valence-corrected chi connectivity index (χ3v) is 10.4. The molecule has 4 aliphatic carbocycles. The van der Waals surface area contributed by atoms with Gasteiger partial charge in [0, 0.05) is 18.4 Å². The molecule has 0 bridgehead atoms. The van der Waals surface area contributed by atoms with E-state index < -0.39 is 5.60 Å². The van der Waals surface area contributed by atoms with Crippen molar-refractivity contribution in [3.05, 3.63) is 11.6 Å². The number of aliphatic hydroxyl groups is 2. The number of hydrogen-bond donors (Lipinski definition) is 5. The van der Waals surface area contributed by atoms with Crippen molar-refractivity contribution < 1.29 is 15.1 Å². The van der Waals surface area contributed by atoms with Crippen LogP contribution in [0.4, 0.5) is 0 Å². The van der Waals surface area contributed by atoms with Gasteiger partial charge in [0.1, 0.15) is 6.61 Å². The van der Waals surface area contributed by atoms with E-state index in [4.69, 9.17) is 16.0 Å². The average Bonchev–Trinajstić information content (AvgIpc) is 3.04. The van der Waals surface area contributed by atoms with Crippen LogP contribution in [0.1, 0.15) is 85.0 Å². The van der Waals surface area contributed by atoms with E-state index in [0.29, 0.717) is 36.8 Å². The number of fused-ring (bicyclic) bond motifs is 5. The average molecular weight is 475 g/mol. The number of rotatable bonds is 7. The molecule has 0 aliphatic heterocycles. The second kappa shape index (κ2) is 9.81. The second-order valence-corrected chi connectivity index (χ2v) is 12.1. The molecule has 8 atom stereocenters. The Balaban J connectivity index is 1.40. The Labute approximate surface area is 205 Å². The molecule has 192 valence electrons. The van der Waals surface area contributed by atoms with Crippen LogP contribution < -0.4 is 11.1 Å². The van der Waals surface area contributed by atoms with Gasteiger partial charge in [0.25, 0.3) is 0 Å². The highest BCUT2D eigenvalue weighted by atomic mass is 16.6. The van der Waals surface area contributed by atoms with Gasteiger partial charge in [0.2, 0.25) is 0 Å². The zero-order valence-corrected chi connectivity index (χ0v) is 21.4. The standard InChI is InChI=1S/C27H46N4O3/c1-18(17-31-34-14-4-13-30-24(28)29)15-20-7-12-27(33)23-6-5-19-16-21(32)8-10-25(19,2)22(23)9-11-26(20,27)3/h15,17,19-23,32-33H,4-14,16H2,1-3H3,(H4,28,29,30)/b18-15+,31-17+/t19-,20-,21+,22+,23-,25+,26-,27+/m1/s1. The molecule has 7 heteroatoms. The normalized spacial score (nSPS) is 44.3. The van der Waals surface area contributed by atoms with Gasteiger partial charge in [-0.3, -0.25) is 5.41 Å². The van der Waals surface area contributed by atoms with Crippen LogP contribution in [-0.4, -0.2) is 47.2 Å². The van der Waals surface area contributed by atoms with Gasteiger partial charge >= 0.3 is 0 Å². The zero-order valence-electron chi connectivity index (χ0n) is 21.4. The first-order chi connectivity index (χ1) is 16.1. The smallest absolute Gasteiger partial charge is 0.185 e. The fourth-order valence-electron chi connectivity index (χ4n) is 8.40. The van der Waals surface area contributed by atoms with E-state index in [2.05, 4.69) is 37.3 Å². The predicted molar refractivity (Wildman–Crippen MR) is 135 cm³/mol. The summed E-state index contributed by atoms with van der Waals surface area (Å²) in [6, 6.07) is 0.